The van der Waals surface area contributed by atoms with E-state index < -0.39 is 0 Å². The van der Waals surface area contributed by atoms with E-state index >= 15 is 0 Å². The van der Waals surface area contributed by atoms with Gasteiger partial charge in [-0.25, -0.2) is 0 Å². The minimum Gasteiger partial charge on any atom is -0.324 e. The van der Waals surface area contributed by atoms with Crippen molar-refractivity contribution in [2.75, 3.05) is 26.2 Å². The maximum atomic E-state index is 12.4. The van der Waals surface area contributed by atoms with Crippen molar-refractivity contribution < 1.29 is 4.79 Å². The second-order valence-corrected chi connectivity index (χ2v) is 7.55. The molecule has 114 valence electrons. The van der Waals surface area contributed by atoms with Gasteiger partial charge in [-0.1, -0.05) is 29.8 Å². The van der Waals surface area contributed by atoms with E-state index in [9.17, 15) is 4.79 Å². The largest absolute Gasteiger partial charge is 0.324 e. The minimum atomic E-state index is 0.0786. The highest BCUT2D eigenvalue weighted by Gasteiger charge is 2.38. The molecule has 2 heterocycles. The second kappa shape index (κ2) is 6.41. The Balaban J connectivity index is 1.71. The number of likely N-dealkylation sites (tertiary alicyclic amines) is 1. The number of aryl methyl sites for hydroxylation is 1. The van der Waals surface area contributed by atoms with Crippen molar-refractivity contribution in [1.82, 2.24) is 9.80 Å². The summed E-state index contributed by atoms with van der Waals surface area (Å²) in [6.45, 7) is 8.39. The molecule has 0 aliphatic carbocycles. The summed E-state index contributed by atoms with van der Waals surface area (Å²) in [6, 6.07) is 8.62. The Labute approximate surface area is 131 Å². The summed E-state index contributed by atoms with van der Waals surface area (Å²) < 4.78 is 0. The lowest BCUT2D eigenvalue weighted by Crippen LogP contribution is -2.37. The topological polar surface area (TPSA) is 23.6 Å². The van der Waals surface area contributed by atoms with Gasteiger partial charge >= 0.3 is 0 Å². The van der Waals surface area contributed by atoms with Crippen LogP contribution in [0.5, 0.6) is 0 Å². The fraction of sp³-hybridized carbons (Fsp3) is 0.588. The molecule has 0 N–H and O–H groups in total. The third-order valence-electron chi connectivity index (χ3n) is 4.47. The van der Waals surface area contributed by atoms with E-state index in [1.165, 1.54) is 37.1 Å². The molecular weight excluding hydrogens is 280 g/mol. The number of nitrogens with zero attached hydrogens (tertiary/aromatic N) is 2. The monoisotopic (exact) mass is 304 g/mol. The molecule has 0 spiro atoms. The van der Waals surface area contributed by atoms with Crippen molar-refractivity contribution >= 4 is 17.7 Å². The highest BCUT2D eigenvalue weighted by atomic mass is 32.2. The van der Waals surface area contributed by atoms with E-state index in [1.54, 1.807) is 11.8 Å². The van der Waals surface area contributed by atoms with Gasteiger partial charge in [0.25, 0.3) is 0 Å². The van der Waals surface area contributed by atoms with Crippen LogP contribution >= 0.6 is 11.8 Å². The number of benzene rings is 1. The van der Waals surface area contributed by atoms with Gasteiger partial charge in [-0.05, 0) is 45.3 Å². The van der Waals surface area contributed by atoms with Gasteiger partial charge in [0.1, 0.15) is 5.37 Å². The van der Waals surface area contributed by atoms with Gasteiger partial charge in [0.2, 0.25) is 5.91 Å². The van der Waals surface area contributed by atoms with Crippen molar-refractivity contribution in [3.05, 3.63) is 35.4 Å². The predicted molar refractivity (Wildman–Crippen MR) is 88.4 cm³/mol. The molecule has 3 nitrogen and oxygen atoms in total. The minimum absolute atomic E-state index is 0.0786. The quantitative estimate of drug-likeness (QED) is 0.854. The molecule has 4 heteroatoms. The van der Waals surface area contributed by atoms with E-state index in [0.717, 1.165) is 13.1 Å². The third-order valence-corrected chi connectivity index (χ3v) is 5.86. The molecule has 0 unspecified atom stereocenters. The molecule has 3 rings (SSSR count). The third kappa shape index (κ3) is 3.27. The molecule has 1 aromatic rings. The average Bonchev–Trinajstić information content (AvgIpc) is 3.08. The zero-order chi connectivity index (χ0) is 14.8. The summed E-state index contributed by atoms with van der Waals surface area (Å²) in [5, 5.41) is 0.269. The molecule has 2 aliphatic rings. The van der Waals surface area contributed by atoms with Gasteiger partial charge in [-0.15, -0.1) is 11.8 Å². The standard InChI is InChI=1S/C17H24N2OS/c1-13-5-7-15(8-6-13)17-19(16(20)14(2)21-17)12-11-18-9-3-4-10-18/h5-8,14,17H,3-4,9-12H2,1-2H3/t14-,17+/m1/s1. The van der Waals surface area contributed by atoms with Crippen LogP contribution in [-0.2, 0) is 4.79 Å². The Kier molecular flexibility index (Phi) is 4.55. The number of hydrogen-bond donors (Lipinski definition) is 0. The van der Waals surface area contributed by atoms with Gasteiger partial charge in [0, 0.05) is 13.1 Å². The molecule has 2 fully saturated rings. The van der Waals surface area contributed by atoms with Crippen LogP contribution in [0.3, 0.4) is 0 Å². The lowest BCUT2D eigenvalue weighted by atomic mass is 10.1. The summed E-state index contributed by atoms with van der Waals surface area (Å²) in [5.41, 5.74) is 2.52. The first kappa shape index (κ1) is 14.9. The van der Waals surface area contributed by atoms with Crippen molar-refractivity contribution in [2.45, 2.75) is 37.3 Å². The number of carbonyl (C=O) groups is 1. The first-order valence-electron chi connectivity index (χ1n) is 7.90. The predicted octanol–water partition coefficient (Wildman–Crippen LogP) is 3.05. The number of amides is 1. The smallest absolute Gasteiger partial charge is 0.236 e. The molecule has 0 bridgehead atoms. The molecule has 2 atom stereocenters. The molecule has 1 aromatic carbocycles. The highest BCUT2D eigenvalue weighted by molar-refractivity contribution is 8.01. The fourth-order valence-corrected chi connectivity index (χ4v) is 4.46. The average molecular weight is 304 g/mol. The van der Waals surface area contributed by atoms with Crippen LogP contribution in [0.15, 0.2) is 24.3 Å². The van der Waals surface area contributed by atoms with E-state index in [-0.39, 0.29) is 10.6 Å². The fourth-order valence-electron chi connectivity index (χ4n) is 3.15. The Hall–Kier alpha value is -1.00. The number of carbonyl (C=O) groups excluding carboxylic acids is 1. The second-order valence-electron chi connectivity index (χ2n) is 6.12. The van der Waals surface area contributed by atoms with E-state index in [4.69, 9.17) is 0 Å². The first-order chi connectivity index (χ1) is 10.1. The highest BCUT2D eigenvalue weighted by Crippen LogP contribution is 2.42. The molecule has 2 aliphatic heterocycles. The summed E-state index contributed by atoms with van der Waals surface area (Å²) in [6.07, 6.45) is 2.61. The van der Waals surface area contributed by atoms with Crippen LogP contribution in [0.1, 0.15) is 36.3 Å². The summed E-state index contributed by atoms with van der Waals surface area (Å²) in [7, 11) is 0. The Morgan fingerprint density at radius 1 is 1.14 bits per heavy atom. The van der Waals surface area contributed by atoms with Gasteiger partial charge in [0.15, 0.2) is 0 Å². The van der Waals surface area contributed by atoms with Crippen LogP contribution in [0.4, 0.5) is 0 Å². The molecule has 2 saturated heterocycles. The Morgan fingerprint density at radius 3 is 2.48 bits per heavy atom. The van der Waals surface area contributed by atoms with Crippen molar-refractivity contribution in [1.29, 1.82) is 0 Å². The lowest BCUT2D eigenvalue weighted by Gasteiger charge is -2.26. The summed E-state index contributed by atoms with van der Waals surface area (Å²) in [4.78, 5) is 17.0. The first-order valence-corrected chi connectivity index (χ1v) is 8.84. The SMILES string of the molecule is Cc1ccc([C@@H]2S[C@H](C)C(=O)N2CCN2CCCC2)cc1. The van der Waals surface area contributed by atoms with Crippen LogP contribution < -0.4 is 0 Å². The van der Waals surface area contributed by atoms with Gasteiger partial charge in [-0.2, -0.15) is 0 Å². The van der Waals surface area contributed by atoms with Crippen LogP contribution in [0, 0.1) is 6.92 Å². The summed E-state index contributed by atoms with van der Waals surface area (Å²) in [5.74, 6) is 0.296. The zero-order valence-electron chi connectivity index (χ0n) is 12.9. The zero-order valence-corrected chi connectivity index (χ0v) is 13.7. The Morgan fingerprint density at radius 2 is 1.81 bits per heavy atom. The molecule has 0 saturated carbocycles. The molecule has 21 heavy (non-hydrogen) atoms. The maximum Gasteiger partial charge on any atom is 0.236 e. The van der Waals surface area contributed by atoms with Crippen molar-refractivity contribution in [2.24, 2.45) is 0 Å². The van der Waals surface area contributed by atoms with E-state index in [2.05, 4.69) is 41.0 Å². The molecular formula is C17H24N2OS. The normalized spacial score (nSPS) is 26.8. The van der Waals surface area contributed by atoms with E-state index in [1.807, 2.05) is 6.92 Å². The van der Waals surface area contributed by atoms with Gasteiger partial charge < -0.3 is 9.80 Å². The number of hydrogen-bond acceptors (Lipinski definition) is 3. The van der Waals surface area contributed by atoms with Crippen LogP contribution in [0.25, 0.3) is 0 Å². The van der Waals surface area contributed by atoms with E-state index in [0.29, 0.717) is 5.91 Å². The van der Waals surface area contributed by atoms with Crippen LogP contribution in [0.2, 0.25) is 0 Å². The van der Waals surface area contributed by atoms with Crippen molar-refractivity contribution in [3.63, 3.8) is 0 Å². The molecule has 1 amide bonds. The van der Waals surface area contributed by atoms with Gasteiger partial charge in [0.05, 0.1) is 5.25 Å². The molecule has 0 radical (unpaired) electrons. The maximum absolute atomic E-state index is 12.4. The number of rotatable bonds is 4. The number of thioether (sulfide) groups is 1. The van der Waals surface area contributed by atoms with Crippen LogP contribution in [-0.4, -0.2) is 47.1 Å². The molecule has 0 aromatic heterocycles. The summed E-state index contributed by atoms with van der Waals surface area (Å²) >= 11 is 1.78. The Bertz CT molecular complexity index is 496. The van der Waals surface area contributed by atoms with Gasteiger partial charge in [-0.3, -0.25) is 4.79 Å². The lowest BCUT2D eigenvalue weighted by molar-refractivity contribution is -0.130. The van der Waals surface area contributed by atoms with Crippen molar-refractivity contribution in [3.8, 4) is 0 Å².